The number of likely N-dealkylation sites (tertiary alicyclic amines) is 1. The van der Waals surface area contributed by atoms with Gasteiger partial charge in [-0.3, -0.25) is 24.0 Å². The summed E-state index contributed by atoms with van der Waals surface area (Å²) in [6.45, 7) is -0.148. The maximum absolute atomic E-state index is 13.4. The van der Waals surface area contributed by atoms with Crippen molar-refractivity contribution in [3.8, 4) is 0 Å². The van der Waals surface area contributed by atoms with Crippen molar-refractivity contribution < 1.29 is 58.3 Å². The van der Waals surface area contributed by atoms with Crippen LogP contribution in [0.1, 0.15) is 49.0 Å². The Kier molecular flexibility index (Phi) is 10.2. The van der Waals surface area contributed by atoms with E-state index in [4.69, 9.17) is 14.4 Å². The normalized spacial score (nSPS) is 21.9. The van der Waals surface area contributed by atoms with Crippen LogP contribution in [0.5, 0.6) is 0 Å². The summed E-state index contributed by atoms with van der Waals surface area (Å²) in [4.78, 5) is 75.9. The lowest BCUT2D eigenvalue weighted by atomic mass is 9.79. The van der Waals surface area contributed by atoms with Crippen molar-refractivity contribution in [2.24, 2.45) is 0 Å². The molecule has 47 heavy (non-hydrogen) atoms. The summed E-state index contributed by atoms with van der Waals surface area (Å²) in [6, 6.07) is 10.2. The fourth-order valence-electron chi connectivity index (χ4n) is 5.89. The molecule has 0 aromatic heterocycles. The van der Waals surface area contributed by atoms with Crippen LogP contribution in [0, 0.1) is 0 Å². The smallest absolute Gasteiger partial charge is 0.481 e. The third kappa shape index (κ3) is 7.62. The highest BCUT2D eigenvalue weighted by Gasteiger charge is 2.44. The van der Waals surface area contributed by atoms with E-state index in [1.807, 2.05) is 0 Å². The molecule has 0 radical (unpaired) electrons. The van der Waals surface area contributed by atoms with Crippen molar-refractivity contribution in [3.05, 3.63) is 59.7 Å². The van der Waals surface area contributed by atoms with Gasteiger partial charge in [-0.25, -0.2) is 4.79 Å². The standard InChI is InChI=1S/C29H32B2N4O12/c36-22(32-19(29(42)43)9-12-24(38)39)10-11-23(37)35-13-20(33-27(40)25-15-5-1-3-7-17(15)30(44)46-25)21(14-35)34-28(41)26-16-6-2-4-8-18(16)31(45)47-26/h1-8,19-21,25-26,44-45H,9-14H2,(H,32,36)(H,33,40)(H,34,41)(H,38,39)(H,42,43). The molecule has 16 nitrogen and oxygen atoms in total. The van der Waals surface area contributed by atoms with Crippen LogP contribution in [-0.4, -0.2) is 106 Å². The van der Waals surface area contributed by atoms with Crippen molar-refractivity contribution in [1.29, 1.82) is 0 Å². The highest BCUT2D eigenvalue weighted by atomic mass is 16.5. The second kappa shape index (κ2) is 14.3. The molecule has 3 aliphatic rings. The first kappa shape index (κ1) is 33.6. The van der Waals surface area contributed by atoms with Gasteiger partial charge in [0.2, 0.25) is 11.8 Å². The van der Waals surface area contributed by atoms with E-state index in [9.17, 15) is 43.9 Å². The quantitative estimate of drug-likeness (QED) is 0.113. The van der Waals surface area contributed by atoms with E-state index in [2.05, 4.69) is 16.0 Å². The molecule has 0 spiro atoms. The molecule has 4 amide bonds. The van der Waals surface area contributed by atoms with E-state index in [0.29, 0.717) is 22.1 Å². The molecule has 2 aromatic rings. The van der Waals surface area contributed by atoms with E-state index in [0.717, 1.165) is 0 Å². The SMILES string of the molecule is O=C(O)CCC(NC(=O)CCC(=O)N1CC(NC(=O)C2OB(O)c3ccccc32)C(NC(=O)C2OB(O)c3ccccc32)C1)C(=O)O. The van der Waals surface area contributed by atoms with Crippen LogP contribution in [-0.2, 0) is 38.1 Å². The van der Waals surface area contributed by atoms with Gasteiger partial charge in [-0.15, -0.1) is 0 Å². The summed E-state index contributed by atoms with van der Waals surface area (Å²) in [5.74, 6) is -5.17. The highest BCUT2D eigenvalue weighted by Crippen LogP contribution is 2.26. The maximum Gasteiger partial charge on any atom is 0.492 e. The molecular formula is C29H32B2N4O12. The Morgan fingerprint density at radius 3 is 1.72 bits per heavy atom. The molecule has 18 heteroatoms. The van der Waals surface area contributed by atoms with Crippen LogP contribution in [0.25, 0.3) is 0 Å². The number of carbonyl (C=O) groups excluding carboxylic acids is 4. The van der Waals surface area contributed by atoms with E-state index in [1.54, 1.807) is 48.5 Å². The predicted molar refractivity (Wildman–Crippen MR) is 162 cm³/mol. The lowest BCUT2D eigenvalue weighted by molar-refractivity contribution is -0.143. The van der Waals surface area contributed by atoms with Crippen molar-refractivity contribution in [2.75, 3.05) is 13.1 Å². The fourth-order valence-corrected chi connectivity index (χ4v) is 5.89. The number of carboxylic acids is 2. The van der Waals surface area contributed by atoms with Gasteiger partial charge in [0.05, 0.1) is 12.1 Å². The summed E-state index contributed by atoms with van der Waals surface area (Å²) in [6.07, 6.45) is -3.86. The third-order valence-electron chi connectivity index (χ3n) is 8.27. The molecule has 246 valence electrons. The maximum atomic E-state index is 13.4. The first-order valence-corrected chi connectivity index (χ1v) is 14.9. The van der Waals surface area contributed by atoms with Gasteiger partial charge < -0.3 is 50.4 Å². The van der Waals surface area contributed by atoms with Crippen molar-refractivity contribution >= 4 is 60.7 Å². The van der Waals surface area contributed by atoms with Crippen molar-refractivity contribution in [1.82, 2.24) is 20.9 Å². The zero-order chi connectivity index (χ0) is 33.8. The molecule has 5 atom stereocenters. The minimum absolute atomic E-state index is 0.0742. The molecule has 1 fully saturated rings. The molecule has 0 saturated carbocycles. The van der Waals surface area contributed by atoms with Gasteiger partial charge in [-0.1, -0.05) is 48.5 Å². The molecule has 5 rings (SSSR count). The van der Waals surface area contributed by atoms with Crippen LogP contribution < -0.4 is 26.9 Å². The first-order chi connectivity index (χ1) is 22.4. The number of carbonyl (C=O) groups is 6. The van der Waals surface area contributed by atoms with E-state index in [-0.39, 0.29) is 25.9 Å². The molecule has 1 saturated heterocycles. The van der Waals surface area contributed by atoms with Gasteiger partial charge in [-0.2, -0.15) is 0 Å². The molecule has 5 unspecified atom stereocenters. The third-order valence-corrected chi connectivity index (χ3v) is 8.27. The summed E-state index contributed by atoms with van der Waals surface area (Å²) in [7, 11) is -2.64. The number of benzene rings is 2. The number of nitrogens with one attached hydrogen (secondary N) is 3. The number of carboxylic acid groups (broad SMARTS) is 2. The number of fused-ring (bicyclic) bond motifs is 2. The molecule has 0 aliphatic carbocycles. The average Bonchev–Trinajstić information content (AvgIpc) is 3.71. The van der Waals surface area contributed by atoms with Crippen LogP contribution in [0.4, 0.5) is 0 Å². The Labute approximate surface area is 268 Å². The summed E-state index contributed by atoms with van der Waals surface area (Å²) in [5, 5.41) is 46.5. The van der Waals surface area contributed by atoms with Gasteiger partial charge in [0.1, 0.15) is 18.2 Å². The minimum Gasteiger partial charge on any atom is -0.481 e. The van der Waals surface area contributed by atoms with E-state index < -0.39 is 93.0 Å². The van der Waals surface area contributed by atoms with Crippen LogP contribution in [0.3, 0.4) is 0 Å². The minimum atomic E-state index is -1.44. The lowest BCUT2D eigenvalue weighted by Gasteiger charge is -2.24. The fraction of sp³-hybridized carbons (Fsp3) is 0.379. The van der Waals surface area contributed by atoms with E-state index >= 15 is 0 Å². The van der Waals surface area contributed by atoms with Crippen LogP contribution >= 0.6 is 0 Å². The number of aliphatic carboxylic acids is 2. The number of hydrogen-bond donors (Lipinski definition) is 7. The van der Waals surface area contributed by atoms with Gasteiger partial charge in [0.15, 0.2) is 0 Å². The average molecular weight is 650 g/mol. The molecule has 3 aliphatic heterocycles. The number of amides is 4. The van der Waals surface area contributed by atoms with Gasteiger partial charge in [-0.05, 0) is 28.5 Å². The summed E-state index contributed by atoms with van der Waals surface area (Å²) in [5.41, 5.74) is 1.79. The van der Waals surface area contributed by atoms with Crippen molar-refractivity contribution in [2.45, 2.75) is 56.0 Å². The lowest BCUT2D eigenvalue weighted by Crippen LogP contribution is -2.52. The van der Waals surface area contributed by atoms with Crippen LogP contribution in [0.15, 0.2) is 48.5 Å². The largest absolute Gasteiger partial charge is 0.492 e. The monoisotopic (exact) mass is 650 g/mol. The molecule has 7 N–H and O–H groups in total. The Morgan fingerprint density at radius 2 is 1.26 bits per heavy atom. The zero-order valence-electron chi connectivity index (χ0n) is 24.9. The second-order valence-corrected chi connectivity index (χ2v) is 11.4. The summed E-state index contributed by atoms with van der Waals surface area (Å²) >= 11 is 0. The topological polar surface area (TPSA) is 241 Å². The molecule has 3 heterocycles. The van der Waals surface area contributed by atoms with Crippen molar-refractivity contribution in [3.63, 3.8) is 0 Å². The molecule has 2 aromatic carbocycles. The number of hydrogen-bond acceptors (Lipinski definition) is 10. The van der Waals surface area contributed by atoms with Gasteiger partial charge >= 0.3 is 26.2 Å². The van der Waals surface area contributed by atoms with Crippen LogP contribution in [0.2, 0.25) is 0 Å². The Morgan fingerprint density at radius 1 is 0.766 bits per heavy atom. The van der Waals surface area contributed by atoms with Gasteiger partial charge in [0.25, 0.3) is 11.8 Å². The van der Waals surface area contributed by atoms with E-state index in [1.165, 1.54) is 4.90 Å². The summed E-state index contributed by atoms with van der Waals surface area (Å²) < 4.78 is 11.0. The Bertz CT molecular complexity index is 1500. The predicted octanol–water partition coefficient (Wildman–Crippen LogP) is -3.07. The first-order valence-electron chi connectivity index (χ1n) is 14.9. The number of rotatable bonds is 12. The Hall–Kier alpha value is -4.77. The number of nitrogens with zero attached hydrogens (tertiary/aromatic N) is 1. The molecular weight excluding hydrogens is 618 g/mol. The highest BCUT2D eigenvalue weighted by molar-refractivity contribution is 6.62. The Balaban J connectivity index is 1.26. The van der Waals surface area contributed by atoms with Gasteiger partial charge in [0, 0.05) is 32.4 Å². The second-order valence-electron chi connectivity index (χ2n) is 11.4. The zero-order valence-corrected chi connectivity index (χ0v) is 24.9. The molecule has 0 bridgehead atoms.